The Balaban J connectivity index is 2.02. The maximum Gasteiger partial charge on any atom is 0.299 e. The summed E-state index contributed by atoms with van der Waals surface area (Å²) in [6.07, 6.45) is 1.68. The number of aromatic nitrogens is 1. The van der Waals surface area contributed by atoms with Crippen LogP contribution in [0.15, 0.2) is 29.8 Å². The minimum absolute atomic E-state index is 0.308. The molecule has 96 valence electrons. The van der Waals surface area contributed by atoms with Gasteiger partial charge in [0.1, 0.15) is 10.8 Å². The lowest BCUT2D eigenvalue weighted by atomic mass is 10.1. The lowest BCUT2D eigenvalue weighted by molar-refractivity contribution is -0.114. The summed E-state index contributed by atoms with van der Waals surface area (Å²) in [6, 6.07) is 5.00. The van der Waals surface area contributed by atoms with Crippen LogP contribution in [0, 0.1) is 0 Å². The molecule has 0 N–H and O–H groups in total. The first-order valence-corrected chi connectivity index (χ1v) is 6.51. The fourth-order valence-corrected chi connectivity index (χ4v) is 2.63. The smallest absolute Gasteiger partial charge is 0.299 e. The van der Waals surface area contributed by atoms with E-state index in [2.05, 4.69) is 4.98 Å². The number of carbonyl (C=O) groups is 2. The van der Waals surface area contributed by atoms with Crippen LogP contribution in [0.25, 0.3) is 0 Å². The first kappa shape index (κ1) is 11.9. The lowest BCUT2D eigenvalue weighted by Gasteiger charge is -2.15. The number of methoxy groups -OCH3 is 1. The highest BCUT2D eigenvalue weighted by atomic mass is 32.1. The summed E-state index contributed by atoms with van der Waals surface area (Å²) in [7, 11) is 1.55. The molecule has 1 amide bonds. The van der Waals surface area contributed by atoms with Gasteiger partial charge in [0.05, 0.1) is 24.9 Å². The third-order valence-electron chi connectivity index (χ3n) is 2.96. The second-order valence-corrected chi connectivity index (χ2v) is 5.01. The molecular formula is C13H10N2O3S. The number of hydrogen-bond donors (Lipinski definition) is 0. The summed E-state index contributed by atoms with van der Waals surface area (Å²) in [5, 5.41) is 2.63. The summed E-state index contributed by atoms with van der Waals surface area (Å²) in [5.74, 6) is -0.377. The summed E-state index contributed by atoms with van der Waals surface area (Å²) in [4.78, 5) is 29.5. The van der Waals surface area contributed by atoms with Crippen molar-refractivity contribution in [1.82, 2.24) is 4.98 Å². The van der Waals surface area contributed by atoms with Crippen molar-refractivity contribution in [1.29, 1.82) is 0 Å². The second kappa shape index (κ2) is 4.47. The molecule has 19 heavy (non-hydrogen) atoms. The fourth-order valence-electron chi connectivity index (χ4n) is 2.02. The zero-order chi connectivity index (χ0) is 13.4. The van der Waals surface area contributed by atoms with Crippen molar-refractivity contribution in [2.24, 2.45) is 0 Å². The largest absolute Gasteiger partial charge is 0.497 e. The van der Waals surface area contributed by atoms with E-state index in [9.17, 15) is 9.59 Å². The Kier molecular flexibility index (Phi) is 2.79. The van der Waals surface area contributed by atoms with Crippen molar-refractivity contribution in [2.45, 2.75) is 6.54 Å². The van der Waals surface area contributed by atoms with E-state index >= 15 is 0 Å². The molecule has 2 heterocycles. The summed E-state index contributed by atoms with van der Waals surface area (Å²) >= 11 is 1.45. The Bertz CT molecular complexity index is 652. The third-order valence-corrected chi connectivity index (χ3v) is 3.72. The number of amides is 1. The number of anilines is 1. The number of hydrogen-bond acceptors (Lipinski definition) is 5. The molecular weight excluding hydrogens is 264 g/mol. The van der Waals surface area contributed by atoms with Crippen molar-refractivity contribution < 1.29 is 14.3 Å². The van der Waals surface area contributed by atoms with Crippen LogP contribution in [0.3, 0.4) is 0 Å². The highest BCUT2D eigenvalue weighted by Gasteiger charge is 2.36. The van der Waals surface area contributed by atoms with Crippen molar-refractivity contribution in [3.8, 4) is 5.75 Å². The van der Waals surface area contributed by atoms with Crippen LogP contribution in [0.2, 0.25) is 0 Å². The minimum atomic E-state index is -0.515. The lowest BCUT2D eigenvalue weighted by Crippen LogP contribution is -2.29. The minimum Gasteiger partial charge on any atom is -0.497 e. The molecule has 1 aliphatic rings. The fraction of sp³-hybridized carbons (Fsp3) is 0.154. The maximum absolute atomic E-state index is 12.0. The van der Waals surface area contributed by atoms with Crippen molar-refractivity contribution in [3.63, 3.8) is 0 Å². The summed E-state index contributed by atoms with van der Waals surface area (Å²) in [6.45, 7) is 0.308. The Hall–Kier alpha value is -2.21. The predicted molar refractivity (Wildman–Crippen MR) is 70.6 cm³/mol. The molecule has 0 aliphatic carbocycles. The van der Waals surface area contributed by atoms with Gasteiger partial charge in [-0.1, -0.05) is 0 Å². The van der Waals surface area contributed by atoms with Gasteiger partial charge in [-0.15, -0.1) is 11.3 Å². The Morgan fingerprint density at radius 3 is 2.89 bits per heavy atom. The number of nitrogens with zero attached hydrogens (tertiary/aromatic N) is 2. The standard InChI is InChI=1S/C13H10N2O3S/c1-18-8-2-3-9-10(6-8)15(13(17)12(9)16)7-11-14-4-5-19-11/h2-6H,7H2,1H3. The Morgan fingerprint density at radius 2 is 2.21 bits per heavy atom. The Morgan fingerprint density at radius 1 is 1.37 bits per heavy atom. The Labute approximate surface area is 113 Å². The first-order valence-electron chi connectivity index (χ1n) is 5.63. The van der Waals surface area contributed by atoms with Crippen LogP contribution < -0.4 is 9.64 Å². The zero-order valence-electron chi connectivity index (χ0n) is 10.1. The van der Waals surface area contributed by atoms with Crippen LogP contribution in [-0.2, 0) is 11.3 Å². The van der Waals surface area contributed by atoms with E-state index in [1.54, 1.807) is 31.5 Å². The van der Waals surface area contributed by atoms with Gasteiger partial charge in [-0.2, -0.15) is 0 Å². The molecule has 2 aromatic rings. The van der Waals surface area contributed by atoms with Gasteiger partial charge in [0.25, 0.3) is 11.7 Å². The van der Waals surface area contributed by atoms with E-state index in [1.807, 2.05) is 5.38 Å². The molecule has 1 aromatic carbocycles. The molecule has 0 spiro atoms. The zero-order valence-corrected chi connectivity index (χ0v) is 10.9. The number of thiazole rings is 1. The topological polar surface area (TPSA) is 59.5 Å². The number of rotatable bonds is 3. The molecule has 1 aliphatic heterocycles. The van der Waals surface area contributed by atoms with Crippen molar-refractivity contribution in [2.75, 3.05) is 12.0 Å². The maximum atomic E-state index is 12.0. The number of ether oxygens (including phenoxy) is 1. The van der Waals surface area contributed by atoms with E-state index < -0.39 is 11.7 Å². The number of carbonyl (C=O) groups excluding carboxylic acids is 2. The van der Waals surface area contributed by atoms with Gasteiger partial charge >= 0.3 is 0 Å². The molecule has 3 rings (SSSR count). The van der Waals surface area contributed by atoms with E-state index in [-0.39, 0.29) is 0 Å². The van der Waals surface area contributed by atoms with Crippen LogP contribution in [-0.4, -0.2) is 23.8 Å². The molecule has 0 fully saturated rings. The van der Waals surface area contributed by atoms with E-state index in [0.717, 1.165) is 5.01 Å². The molecule has 1 aromatic heterocycles. The van der Waals surface area contributed by atoms with E-state index in [4.69, 9.17) is 4.74 Å². The van der Waals surface area contributed by atoms with E-state index in [0.29, 0.717) is 23.5 Å². The average molecular weight is 274 g/mol. The van der Waals surface area contributed by atoms with Gasteiger partial charge in [-0.3, -0.25) is 14.5 Å². The number of ketones is 1. The number of benzene rings is 1. The third kappa shape index (κ3) is 1.90. The molecule has 0 atom stereocenters. The van der Waals surface area contributed by atoms with Crippen LogP contribution >= 0.6 is 11.3 Å². The quantitative estimate of drug-likeness (QED) is 0.802. The van der Waals surface area contributed by atoms with Crippen molar-refractivity contribution >= 4 is 28.7 Å². The average Bonchev–Trinajstić information content (AvgIpc) is 3.02. The monoisotopic (exact) mass is 274 g/mol. The van der Waals surface area contributed by atoms with Crippen LogP contribution in [0.4, 0.5) is 5.69 Å². The number of Topliss-reactive ketones (excluding diaryl/α,β-unsaturated/α-hetero) is 1. The van der Waals surface area contributed by atoms with Gasteiger partial charge in [-0.05, 0) is 12.1 Å². The van der Waals surface area contributed by atoms with Gasteiger partial charge in [0, 0.05) is 17.6 Å². The molecule has 5 nitrogen and oxygen atoms in total. The molecule has 0 radical (unpaired) electrons. The molecule has 0 bridgehead atoms. The molecule has 6 heteroatoms. The predicted octanol–water partition coefficient (Wildman–Crippen LogP) is 1.88. The van der Waals surface area contributed by atoms with Crippen LogP contribution in [0.5, 0.6) is 5.75 Å². The summed E-state index contributed by atoms with van der Waals surface area (Å²) in [5.41, 5.74) is 1.01. The summed E-state index contributed by atoms with van der Waals surface area (Å²) < 4.78 is 5.13. The van der Waals surface area contributed by atoms with Gasteiger partial charge < -0.3 is 4.74 Å². The molecule has 0 unspecified atom stereocenters. The van der Waals surface area contributed by atoms with Crippen molar-refractivity contribution in [3.05, 3.63) is 40.3 Å². The molecule has 0 saturated heterocycles. The normalized spacial score (nSPS) is 13.8. The van der Waals surface area contributed by atoms with Gasteiger partial charge in [0.2, 0.25) is 0 Å². The molecule has 0 saturated carbocycles. The second-order valence-electron chi connectivity index (χ2n) is 4.03. The first-order chi connectivity index (χ1) is 9.20. The highest BCUT2D eigenvalue weighted by Crippen LogP contribution is 2.33. The highest BCUT2D eigenvalue weighted by molar-refractivity contribution is 7.09. The van der Waals surface area contributed by atoms with Gasteiger partial charge in [-0.25, -0.2) is 4.98 Å². The SMILES string of the molecule is COc1ccc2c(c1)N(Cc1nccs1)C(=O)C2=O. The van der Waals surface area contributed by atoms with Crippen LogP contribution in [0.1, 0.15) is 15.4 Å². The van der Waals surface area contributed by atoms with E-state index in [1.165, 1.54) is 16.2 Å². The number of fused-ring (bicyclic) bond motifs is 1. The van der Waals surface area contributed by atoms with Gasteiger partial charge in [0.15, 0.2) is 0 Å².